The molecule has 122 valence electrons. The van der Waals surface area contributed by atoms with Crippen LogP contribution in [0.5, 0.6) is 0 Å². The van der Waals surface area contributed by atoms with Gasteiger partial charge in [-0.3, -0.25) is 9.69 Å². The molecule has 2 fully saturated rings. The summed E-state index contributed by atoms with van der Waals surface area (Å²) < 4.78 is 11.1. The molecule has 2 rings (SSSR count). The number of carbonyl (C=O) groups is 1. The normalized spacial score (nSPS) is 29.3. The fraction of sp³-hybridized carbons (Fsp3) is 0.938. The highest BCUT2D eigenvalue weighted by atomic mass is 16.5. The lowest BCUT2D eigenvalue weighted by Crippen LogP contribution is -2.59. The second-order valence-corrected chi connectivity index (χ2v) is 7.08. The Hall–Kier alpha value is -0.650. The second-order valence-electron chi connectivity index (χ2n) is 7.08. The van der Waals surface area contributed by atoms with Crippen LogP contribution >= 0.6 is 0 Å². The van der Waals surface area contributed by atoms with Crippen molar-refractivity contribution >= 4 is 5.91 Å². The molecule has 2 unspecified atom stereocenters. The Morgan fingerprint density at radius 1 is 1.19 bits per heavy atom. The first-order chi connectivity index (χ1) is 9.88. The van der Waals surface area contributed by atoms with E-state index in [1.54, 1.807) is 0 Å². The topological polar surface area (TPSA) is 50.8 Å². The minimum Gasteiger partial charge on any atom is -0.381 e. The van der Waals surface area contributed by atoms with Gasteiger partial charge in [-0.15, -0.1) is 0 Å². The van der Waals surface area contributed by atoms with Crippen LogP contribution in [0.2, 0.25) is 0 Å². The minimum atomic E-state index is -0.0485. The second kappa shape index (κ2) is 7.07. The van der Waals surface area contributed by atoms with Crippen molar-refractivity contribution in [2.75, 3.05) is 32.8 Å². The van der Waals surface area contributed by atoms with Crippen molar-refractivity contribution in [3.05, 3.63) is 0 Å². The third kappa shape index (κ3) is 4.66. The van der Waals surface area contributed by atoms with E-state index in [0.29, 0.717) is 19.8 Å². The largest absolute Gasteiger partial charge is 0.381 e. The summed E-state index contributed by atoms with van der Waals surface area (Å²) in [5.41, 5.74) is -0.0485. The number of amides is 1. The smallest absolute Gasteiger partial charge is 0.223 e. The molecule has 0 radical (unpaired) electrons. The number of hydrogen-bond donors (Lipinski definition) is 1. The molecular formula is C16H30N2O3. The van der Waals surface area contributed by atoms with Crippen LogP contribution in [-0.2, 0) is 14.3 Å². The van der Waals surface area contributed by atoms with Crippen LogP contribution in [0.4, 0.5) is 0 Å². The molecule has 0 spiro atoms. The van der Waals surface area contributed by atoms with Crippen LogP contribution in [0.1, 0.15) is 40.5 Å². The van der Waals surface area contributed by atoms with E-state index in [1.165, 1.54) is 0 Å². The standard InChI is InChI=1S/C16H30N2O3/c1-12-9-18(10-13(2)21-12)16(3,4)11-17-15(19)14-5-7-20-8-6-14/h12-14H,5-11H2,1-4H3,(H,17,19). The average Bonchev–Trinajstić information content (AvgIpc) is 2.45. The Labute approximate surface area is 128 Å². The zero-order valence-electron chi connectivity index (χ0n) is 13.9. The molecule has 2 atom stereocenters. The Bertz CT molecular complexity index is 343. The van der Waals surface area contributed by atoms with Gasteiger partial charge in [0.05, 0.1) is 12.2 Å². The number of hydrogen-bond acceptors (Lipinski definition) is 4. The summed E-state index contributed by atoms with van der Waals surface area (Å²) in [6.07, 6.45) is 2.19. The summed E-state index contributed by atoms with van der Waals surface area (Å²) >= 11 is 0. The van der Waals surface area contributed by atoms with E-state index in [0.717, 1.165) is 25.9 Å². The zero-order valence-corrected chi connectivity index (χ0v) is 13.9. The van der Waals surface area contributed by atoms with Crippen molar-refractivity contribution in [3.8, 4) is 0 Å². The Morgan fingerprint density at radius 3 is 2.33 bits per heavy atom. The molecular weight excluding hydrogens is 268 g/mol. The van der Waals surface area contributed by atoms with Gasteiger partial charge in [-0.1, -0.05) is 0 Å². The first-order valence-electron chi connectivity index (χ1n) is 8.14. The van der Waals surface area contributed by atoms with E-state index in [9.17, 15) is 4.79 Å². The molecule has 0 aromatic carbocycles. The van der Waals surface area contributed by atoms with Crippen LogP contribution in [0.3, 0.4) is 0 Å². The van der Waals surface area contributed by atoms with Gasteiger partial charge in [0, 0.05) is 44.3 Å². The zero-order chi connectivity index (χ0) is 15.5. The van der Waals surface area contributed by atoms with Crippen molar-refractivity contribution in [2.45, 2.75) is 58.3 Å². The lowest BCUT2D eigenvalue weighted by Gasteiger charge is -2.45. The maximum atomic E-state index is 12.2. The molecule has 0 saturated carbocycles. The SMILES string of the molecule is CC1CN(C(C)(C)CNC(=O)C2CCOCC2)CC(C)O1. The summed E-state index contributed by atoms with van der Waals surface area (Å²) in [5, 5.41) is 3.14. The van der Waals surface area contributed by atoms with Gasteiger partial charge in [0.2, 0.25) is 5.91 Å². The Kier molecular flexibility index (Phi) is 5.63. The molecule has 2 saturated heterocycles. The molecule has 5 nitrogen and oxygen atoms in total. The molecule has 2 aliphatic rings. The van der Waals surface area contributed by atoms with Gasteiger partial charge in [0.15, 0.2) is 0 Å². The number of rotatable bonds is 4. The molecule has 5 heteroatoms. The molecule has 2 heterocycles. The summed E-state index contributed by atoms with van der Waals surface area (Å²) in [4.78, 5) is 14.7. The van der Waals surface area contributed by atoms with Gasteiger partial charge in [-0.25, -0.2) is 0 Å². The van der Waals surface area contributed by atoms with Crippen LogP contribution in [0.15, 0.2) is 0 Å². The Morgan fingerprint density at radius 2 is 1.76 bits per heavy atom. The number of ether oxygens (including phenoxy) is 2. The van der Waals surface area contributed by atoms with Crippen molar-refractivity contribution < 1.29 is 14.3 Å². The third-order valence-corrected chi connectivity index (χ3v) is 4.56. The fourth-order valence-electron chi connectivity index (χ4n) is 3.19. The first kappa shape index (κ1) is 16.7. The van der Waals surface area contributed by atoms with Gasteiger partial charge in [0.1, 0.15) is 0 Å². The van der Waals surface area contributed by atoms with E-state index in [1.807, 2.05) is 0 Å². The van der Waals surface area contributed by atoms with Gasteiger partial charge in [-0.05, 0) is 40.5 Å². The van der Waals surface area contributed by atoms with Gasteiger partial charge in [-0.2, -0.15) is 0 Å². The molecule has 0 bridgehead atoms. The Balaban J connectivity index is 1.83. The van der Waals surface area contributed by atoms with E-state index in [2.05, 4.69) is 37.9 Å². The number of carbonyl (C=O) groups excluding carboxylic acids is 1. The quantitative estimate of drug-likeness (QED) is 0.853. The van der Waals surface area contributed by atoms with E-state index in [4.69, 9.17) is 9.47 Å². The van der Waals surface area contributed by atoms with Crippen molar-refractivity contribution in [2.24, 2.45) is 5.92 Å². The van der Waals surface area contributed by atoms with Crippen LogP contribution < -0.4 is 5.32 Å². The van der Waals surface area contributed by atoms with Crippen LogP contribution in [0, 0.1) is 5.92 Å². The highest BCUT2D eigenvalue weighted by Gasteiger charge is 2.34. The summed E-state index contributed by atoms with van der Waals surface area (Å²) in [7, 11) is 0. The van der Waals surface area contributed by atoms with Gasteiger partial charge >= 0.3 is 0 Å². The molecule has 21 heavy (non-hydrogen) atoms. The molecule has 0 aromatic rings. The summed E-state index contributed by atoms with van der Waals surface area (Å²) in [6, 6.07) is 0. The predicted molar refractivity (Wildman–Crippen MR) is 82.2 cm³/mol. The van der Waals surface area contributed by atoms with Gasteiger partial charge in [0.25, 0.3) is 0 Å². The number of nitrogens with one attached hydrogen (secondary N) is 1. The maximum absolute atomic E-state index is 12.2. The van der Waals surface area contributed by atoms with Crippen LogP contribution in [-0.4, -0.2) is 61.4 Å². The molecule has 2 aliphatic heterocycles. The van der Waals surface area contributed by atoms with E-state index >= 15 is 0 Å². The minimum absolute atomic E-state index is 0.0485. The number of morpholine rings is 1. The molecule has 1 amide bonds. The molecule has 1 N–H and O–H groups in total. The highest BCUT2D eigenvalue weighted by Crippen LogP contribution is 2.21. The van der Waals surface area contributed by atoms with Crippen molar-refractivity contribution in [1.29, 1.82) is 0 Å². The predicted octanol–water partition coefficient (Wildman–Crippen LogP) is 1.42. The van der Waals surface area contributed by atoms with Crippen molar-refractivity contribution in [1.82, 2.24) is 10.2 Å². The van der Waals surface area contributed by atoms with Crippen molar-refractivity contribution in [3.63, 3.8) is 0 Å². The fourth-order valence-corrected chi connectivity index (χ4v) is 3.19. The maximum Gasteiger partial charge on any atom is 0.223 e. The number of nitrogens with zero attached hydrogens (tertiary/aromatic N) is 1. The monoisotopic (exact) mass is 298 g/mol. The summed E-state index contributed by atoms with van der Waals surface area (Å²) in [6.45, 7) is 12.6. The third-order valence-electron chi connectivity index (χ3n) is 4.56. The molecule has 0 aliphatic carbocycles. The first-order valence-corrected chi connectivity index (χ1v) is 8.14. The lowest BCUT2D eigenvalue weighted by atomic mass is 9.97. The lowest BCUT2D eigenvalue weighted by molar-refractivity contribution is -0.129. The highest BCUT2D eigenvalue weighted by molar-refractivity contribution is 5.78. The van der Waals surface area contributed by atoms with Gasteiger partial charge < -0.3 is 14.8 Å². The van der Waals surface area contributed by atoms with E-state index in [-0.39, 0.29) is 29.6 Å². The summed E-state index contributed by atoms with van der Waals surface area (Å²) in [5.74, 6) is 0.304. The van der Waals surface area contributed by atoms with Crippen LogP contribution in [0.25, 0.3) is 0 Å². The molecule has 0 aromatic heterocycles. The van der Waals surface area contributed by atoms with E-state index < -0.39 is 0 Å². The average molecular weight is 298 g/mol.